The number of ether oxygens (including phenoxy) is 1. The zero-order valence-electron chi connectivity index (χ0n) is 8.41. The van der Waals surface area contributed by atoms with Crippen molar-refractivity contribution < 1.29 is 18.3 Å². The maximum Gasteiger partial charge on any atom is 0.309 e. The Bertz CT molecular complexity index is 441. The number of methoxy groups -OCH3 is 1. The second kappa shape index (κ2) is 5.16. The number of aromatic nitrogens is 1. The quantitative estimate of drug-likeness (QED) is 0.734. The van der Waals surface area contributed by atoms with Crippen molar-refractivity contribution in [3.8, 4) is 6.07 Å². The van der Waals surface area contributed by atoms with E-state index in [9.17, 15) is 13.6 Å². The third-order valence-corrected chi connectivity index (χ3v) is 1.97. The molecule has 16 heavy (non-hydrogen) atoms. The molecule has 1 rings (SSSR count). The Balaban J connectivity index is 3.18. The van der Waals surface area contributed by atoms with Gasteiger partial charge in [0, 0.05) is 6.20 Å². The monoisotopic (exact) mass is 226 g/mol. The average molecular weight is 226 g/mol. The number of esters is 1. The van der Waals surface area contributed by atoms with Crippen molar-refractivity contribution in [2.75, 3.05) is 7.11 Å². The second-order valence-corrected chi connectivity index (χ2v) is 2.90. The lowest BCUT2D eigenvalue weighted by Crippen LogP contribution is -2.09. The Morgan fingerprint density at radius 3 is 2.88 bits per heavy atom. The van der Waals surface area contributed by atoms with Crippen molar-refractivity contribution in [1.82, 2.24) is 4.98 Å². The zero-order chi connectivity index (χ0) is 12.1. The Morgan fingerprint density at radius 2 is 2.38 bits per heavy atom. The molecule has 0 atom stereocenters. The van der Waals surface area contributed by atoms with Gasteiger partial charge < -0.3 is 4.74 Å². The summed E-state index contributed by atoms with van der Waals surface area (Å²) in [6, 6.07) is 2.84. The zero-order valence-corrected chi connectivity index (χ0v) is 8.41. The van der Waals surface area contributed by atoms with Crippen molar-refractivity contribution in [1.29, 1.82) is 5.26 Å². The largest absolute Gasteiger partial charge is 0.469 e. The first kappa shape index (κ1) is 12.0. The average Bonchev–Trinajstić information content (AvgIpc) is 2.28. The van der Waals surface area contributed by atoms with E-state index in [1.54, 1.807) is 6.07 Å². The number of nitriles is 1. The molecule has 0 aliphatic carbocycles. The van der Waals surface area contributed by atoms with E-state index in [1.165, 1.54) is 12.3 Å². The SMILES string of the molecule is COC(=O)Cc1ccnc(C#N)c1C(F)F. The minimum Gasteiger partial charge on any atom is -0.469 e. The number of rotatable bonds is 3. The number of pyridine rings is 1. The summed E-state index contributed by atoms with van der Waals surface area (Å²) in [5.74, 6) is -0.642. The van der Waals surface area contributed by atoms with E-state index in [4.69, 9.17) is 5.26 Å². The van der Waals surface area contributed by atoms with Crippen molar-refractivity contribution in [2.45, 2.75) is 12.8 Å². The molecule has 0 radical (unpaired) electrons. The standard InChI is InChI=1S/C10H8F2N2O2/c1-16-8(15)4-6-2-3-14-7(5-13)9(6)10(11)12/h2-3,10H,4H2,1H3. The maximum absolute atomic E-state index is 12.7. The van der Waals surface area contributed by atoms with Crippen LogP contribution in [-0.4, -0.2) is 18.1 Å². The van der Waals surface area contributed by atoms with Crippen LogP contribution in [0.1, 0.15) is 23.2 Å². The summed E-state index contributed by atoms with van der Waals surface area (Å²) in [5, 5.41) is 8.62. The van der Waals surface area contributed by atoms with E-state index in [1.807, 2.05) is 0 Å². The second-order valence-electron chi connectivity index (χ2n) is 2.90. The third kappa shape index (κ3) is 2.51. The van der Waals surface area contributed by atoms with Crippen LogP contribution in [0.2, 0.25) is 0 Å². The van der Waals surface area contributed by atoms with Gasteiger partial charge in [0.1, 0.15) is 11.8 Å². The summed E-state index contributed by atoms with van der Waals surface area (Å²) >= 11 is 0. The number of nitrogens with zero attached hydrogens (tertiary/aromatic N) is 2. The highest BCUT2D eigenvalue weighted by atomic mass is 19.3. The highest BCUT2D eigenvalue weighted by molar-refractivity contribution is 5.73. The number of hydrogen-bond acceptors (Lipinski definition) is 4. The molecule has 0 saturated heterocycles. The van der Waals surface area contributed by atoms with Gasteiger partial charge in [-0.1, -0.05) is 0 Å². The fraction of sp³-hybridized carbons (Fsp3) is 0.300. The molecule has 84 valence electrons. The predicted molar refractivity (Wildman–Crippen MR) is 49.6 cm³/mol. The van der Waals surface area contributed by atoms with Crippen LogP contribution in [0.5, 0.6) is 0 Å². The van der Waals surface area contributed by atoms with Crippen molar-refractivity contribution in [3.63, 3.8) is 0 Å². The minimum atomic E-state index is -2.84. The van der Waals surface area contributed by atoms with E-state index >= 15 is 0 Å². The van der Waals surface area contributed by atoms with Gasteiger partial charge in [0.25, 0.3) is 6.43 Å². The summed E-state index contributed by atoms with van der Waals surface area (Å²) in [6.07, 6.45) is -1.93. The third-order valence-electron chi connectivity index (χ3n) is 1.97. The number of halogens is 2. The first-order valence-electron chi connectivity index (χ1n) is 4.33. The highest BCUT2D eigenvalue weighted by Gasteiger charge is 2.20. The molecule has 0 aromatic carbocycles. The summed E-state index contributed by atoms with van der Waals surface area (Å²) in [4.78, 5) is 14.5. The smallest absolute Gasteiger partial charge is 0.309 e. The van der Waals surface area contributed by atoms with Gasteiger partial charge in [-0.25, -0.2) is 13.8 Å². The lowest BCUT2D eigenvalue weighted by molar-refractivity contribution is -0.139. The molecule has 0 saturated carbocycles. The molecule has 1 aromatic heterocycles. The van der Waals surface area contributed by atoms with Gasteiger partial charge in [-0.15, -0.1) is 0 Å². The number of carbonyl (C=O) groups is 1. The van der Waals surface area contributed by atoms with Gasteiger partial charge in [-0.2, -0.15) is 5.26 Å². The van der Waals surface area contributed by atoms with Crippen molar-refractivity contribution in [2.24, 2.45) is 0 Å². The van der Waals surface area contributed by atoms with Crippen LogP contribution in [-0.2, 0) is 16.0 Å². The van der Waals surface area contributed by atoms with Crippen LogP contribution >= 0.6 is 0 Å². The van der Waals surface area contributed by atoms with Gasteiger partial charge in [0.2, 0.25) is 0 Å². The highest BCUT2D eigenvalue weighted by Crippen LogP contribution is 2.25. The van der Waals surface area contributed by atoms with E-state index in [0.717, 1.165) is 7.11 Å². The molecular formula is C10H8F2N2O2. The van der Waals surface area contributed by atoms with Crippen LogP contribution in [0.15, 0.2) is 12.3 Å². The fourth-order valence-corrected chi connectivity index (χ4v) is 1.23. The maximum atomic E-state index is 12.7. The van der Waals surface area contributed by atoms with Gasteiger partial charge >= 0.3 is 5.97 Å². The van der Waals surface area contributed by atoms with E-state index in [0.29, 0.717) is 0 Å². The topological polar surface area (TPSA) is 63.0 Å². The Labute approximate surface area is 90.5 Å². The Morgan fingerprint density at radius 1 is 1.69 bits per heavy atom. The van der Waals surface area contributed by atoms with Crippen LogP contribution in [0.3, 0.4) is 0 Å². The summed E-state index contributed by atoms with van der Waals surface area (Å²) in [6.45, 7) is 0. The van der Waals surface area contributed by atoms with E-state index in [-0.39, 0.29) is 17.7 Å². The lowest BCUT2D eigenvalue weighted by Gasteiger charge is -2.08. The van der Waals surface area contributed by atoms with Gasteiger partial charge in [-0.3, -0.25) is 4.79 Å². The molecule has 1 aromatic rings. The molecule has 0 spiro atoms. The molecular weight excluding hydrogens is 218 g/mol. The fourth-order valence-electron chi connectivity index (χ4n) is 1.23. The lowest BCUT2D eigenvalue weighted by atomic mass is 10.0. The van der Waals surface area contributed by atoms with Crippen LogP contribution in [0.4, 0.5) is 8.78 Å². The molecule has 4 nitrogen and oxygen atoms in total. The van der Waals surface area contributed by atoms with Gasteiger partial charge in [-0.05, 0) is 11.6 Å². The molecule has 6 heteroatoms. The van der Waals surface area contributed by atoms with E-state index in [2.05, 4.69) is 9.72 Å². The molecule has 0 unspecified atom stereocenters. The van der Waals surface area contributed by atoms with Crippen molar-refractivity contribution in [3.05, 3.63) is 29.1 Å². The van der Waals surface area contributed by atoms with Crippen molar-refractivity contribution >= 4 is 5.97 Å². The van der Waals surface area contributed by atoms with Gasteiger partial charge in [0.05, 0.1) is 19.1 Å². The predicted octanol–water partition coefficient (Wildman–Crippen LogP) is 1.61. The normalized spacial score (nSPS) is 9.94. The van der Waals surface area contributed by atoms with Gasteiger partial charge in [0.15, 0.2) is 0 Å². The molecule has 0 N–H and O–H groups in total. The van der Waals surface area contributed by atoms with Crippen LogP contribution in [0, 0.1) is 11.3 Å². The van der Waals surface area contributed by atoms with Crippen LogP contribution < -0.4 is 0 Å². The minimum absolute atomic E-state index is 0.0633. The summed E-state index contributed by atoms with van der Waals surface area (Å²) < 4.78 is 29.7. The molecule has 0 aliphatic rings. The Kier molecular flexibility index (Phi) is 3.89. The first-order chi connectivity index (χ1) is 7.60. The number of hydrogen-bond donors (Lipinski definition) is 0. The molecule has 0 amide bonds. The molecule has 0 bridgehead atoms. The first-order valence-corrected chi connectivity index (χ1v) is 4.33. The Hall–Kier alpha value is -2.03. The summed E-state index contributed by atoms with van der Waals surface area (Å²) in [7, 11) is 1.16. The van der Waals surface area contributed by atoms with E-state index < -0.39 is 18.0 Å². The number of alkyl halides is 2. The number of carbonyl (C=O) groups excluding carboxylic acids is 1. The summed E-state index contributed by atoms with van der Waals surface area (Å²) in [5.41, 5.74) is -0.805. The molecule has 1 heterocycles. The van der Waals surface area contributed by atoms with Crippen LogP contribution in [0.25, 0.3) is 0 Å². The molecule has 0 aliphatic heterocycles. The molecule has 0 fully saturated rings.